The molecule has 0 saturated heterocycles. The number of ether oxygens (including phenoxy) is 1. The molecule has 1 N–H and O–H groups in total. The van der Waals surface area contributed by atoms with Crippen LogP contribution in [0.4, 0.5) is 8.78 Å². The molecule has 0 amide bonds. The van der Waals surface area contributed by atoms with Crippen LogP contribution in [-0.2, 0) is 14.8 Å². The number of sulfonamides is 1. The van der Waals surface area contributed by atoms with E-state index in [1.54, 1.807) is 0 Å². The summed E-state index contributed by atoms with van der Waals surface area (Å²) in [5.41, 5.74) is 0. The van der Waals surface area contributed by atoms with Crippen molar-refractivity contribution >= 4 is 10.0 Å². The van der Waals surface area contributed by atoms with Gasteiger partial charge in [-0.05, 0) is 13.8 Å². The first-order valence-electron chi connectivity index (χ1n) is 4.20. The maximum Gasteiger partial charge on any atom is 0.261 e. The first kappa shape index (κ1) is 13.7. The van der Waals surface area contributed by atoms with Gasteiger partial charge in [-0.2, -0.15) is 0 Å². The van der Waals surface area contributed by atoms with Gasteiger partial charge in [-0.3, -0.25) is 0 Å². The highest BCUT2D eigenvalue weighted by molar-refractivity contribution is 7.90. The minimum absolute atomic E-state index is 0.0211. The van der Waals surface area contributed by atoms with E-state index in [9.17, 15) is 17.2 Å². The Morgan fingerprint density at radius 1 is 1.36 bits per heavy atom. The fourth-order valence-electron chi connectivity index (χ4n) is 0.595. The van der Waals surface area contributed by atoms with Gasteiger partial charge >= 0.3 is 0 Å². The van der Waals surface area contributed by atoms with E-state index in [1.807, 2.05) is 0 Å². The molecular formula is C7H15F2NO3S. The van der Waals surface area contributed by atoms with Crippen molar-refractivity contribution in [3.05, 3.63) is 0 Å². The maximum atomic E-state index is 11.6. The highest BCUT2D eigenvalue weighted by atomic mass is 32.2. The molecule has 0 bridgehead atoms. The van der Waals surface area contributed by atoms with Crippen LogP contribution in [0, 0.1) is 0 Å². The van der Waals surface area contributed by atoms with E-state index in [0.717, 1.165) is 0 Å². The van der Waals surface area contributed by atoms with Crippen molar-refractivity contribution in [2.24, 2.45) is 0 Å². The van der Waals surface area contributed by atoms with Gasteiger partial charge in [0.1, 0.15) is 6.61 Å². The van der Waals surface area contributed by atoms with Crippen LogP contribution in [0.2, 0.25) is 0 Å². The lowest BCUT2D eigenvalue weighted by atomic mass is 10.6. The molecule has 0 aromatic rings. The van der Waals surface area contributed by atoms with E-state index >= 15 is 0 Å². The van der Waals surface area contributed by atoms with E-state index in [-0.39, 0.29) is 13.2 Å². The molecule has 0 heterocycles. The molecule has 0 aromatic heterocycles. The Morgan fingerprint density at radius 3 is 2.36 bits per heavy atom. The Kier molecular flexibility index (Phi) is 6.14. The Hall–Kier alpha value is -0.270. The highest BCUT2D eigenvalue weighted by Crippen LogP contribution is 1.95. The molecule has 0 aliphatic rings. The maximum absolute atomic E-state index is 11.6. The van der Waals surface area contributed by atoms with Gasteiger partial charge in [0.15, 0.2) is 0 Å². The van der Waals surface area contributed by atoms with Crippen molar-refractivity contribution in [2.45, 2.75) is 25.5 Å². The summed E-state index contributed by atoms with van der Waals surface area (Å²) in [7, 11) is -3.32. The Balaban J connectivity index is 3.55. The summed E-state index contributed by atoms with van der Waals surface area (Å²) < 4.78 is 52.1. The Labute approximate surface area is 82.7 Å². The van der Waals surface area contributed by atoms with Crippen LogP contribution in [0.25, 0.3) is 0 Å². The minimum Gasteiger partial charge on any atom is -0.374 e. The van der Waals surface area contributed by atoms with Crippen molar-refractivity contribution < 1.29 is 21.9 Å². The van der Waals surface area contributed by atoms with Crippen LogP contribution in [0.5, 0.6) is 0 Å². The molecule has 0 aliphatic carbocycles. The van der Waals surface area contributed by atoms with Crippen LogP contribution in [-0.4, -0.2) is 39.9 Å². The second-order valence-corrected chi connectivity index (χ2v) is 5.28. The van der Waals surface area contributed by atoms with E-state index < -0.39 is 28.3 Å². The van der Waals surface area contributed by atoms with E-state index in [4.69, 9.17) is 0 Å². The minimum atomic E-state index is -3.32. The molecule has 0 aromatic carbocycles. The van der Waals surface area contributed by atoms with E-state index in [1.165, 1.54) is 13.8 Å². The lowest BCUT2D eigenvalue weighted by Crippen LogP contribution is -2.33. The second kappa shape index (κ2) is 6.26. The zero-order valence-electron chi connectivity index (χ0n) is 8.16. The summed E-state index contributed by atoms with van der Waals surface area (Å²) in [4.78, 5) is 0. The highest BCUT2D eigenvalue weighted by Gasteiger charge is 2.14. The fourth-order valence-corrected chi connectivity index (χ4v) is 1.30. The summed E-state index contributed by atoms with van der Waals surface area (Å²) in [5, 5.41) is -0.530. The third-order valence-corrected chi connectivity index (χ3v) is 3.26. The summed E-state index contributed by atoms with van der Waals surface area (Å²) in [6.45, 7) is 2.37. The van der Waals surface area contributed by atoms with Gasteiger partial charge in [-0.25, -0.2) is 21.9 Å². The van der Waals surface area contributed by atoms with Gasteiger partial charge in [0.05, 0.1) is 11.9 Å². The molecule has 0 rings (SSSR count). The molecule has 0 saturated carbocycles. The summed E-state index contributed by atoms with van der Waals surface area (Å²) in [5.74, 6) is 0. The Morgan fingerprint density at radius 2 is 1.93 bits per heavy atom. The predicted molar refractivity (Wildman–Crippen MR) is 48.9 cm³/mol. The van der Waals surface area contributed by atoms with Crippen LogP contribution in [0.1, 0.15) is 13.8 Å². The van der Waals surface area contributed by atoms with Crippen molar-refractivity contribution in [1.29, 1.82) is 0 Å². The molecule has 0 atom stereocenters. The zero-order chi connectivity index (χ0) is 11.2. The van der Waals surface area contributed by atoms with E-state index in [0.29, 0.717) is 0 Å². The molecular weight excluding hydrogens is 216 g/mol. The number of hydrogen-bond acceptors (Lipinski definition) is 3. The third kappa shape index (κ3) is 6.22. The Bertz CT molecular complexity index is 241. The first-order valence-corrected chi connectivity index (χ1v) is 5.75. The van der Waals surface area contributed by atoms with Crippen LogP contribution >= 0.6 is 0 Å². The molecule has 0 unspecified atom stereocenters. The molecule has 0 spiro atoms. The SMILES string of the molecule is CC(C)S(=O)(=O)NCCOCC(F)F. The van der Waals surface area contributed by atoms with Crippen LogP contribution in [0.15, 0.2) is 0 Å². The fraction of sp³-hybridized carbons (Fsp3) is 1.00. The standard InChI is InChI=1S/C7H15F2NO3S/c1-6(2)14(11,12)10-3-4-13-5-7(8)9/h6-7,10H,3-5H2,1-2H3. The molecule has 0 aliphatic heterocycles. The number of alkyl halides is 2. The second-order valence-electron chi connectivity index (χ2n) is 2.95. The largest absolute Gasteiger partial charge is 0.374 e. The number of hydrogen-bond donors (Lipinski definition) is 1. The topological polar surface area (TPSA) is 55.4 Å². The quantitative estimate of drug-likeness (QED) is 0.653. The molecule has 0 fully saturated rings. The molecule has 0 radical (unpaired) electrons. The molecule has 7 heteroatoms. The van der Waals surface area contributed by atoms with Crippen molar-refractivity contribution in [3.8, 4) is 0 Å². The number of nitrogens with one attached hydrogen (secondary N) is 1. The normalized spacial score (nSPS) is 12.7. The zero-order valence-corrected chi connectivity index (χ0v) is 8.98. The average molecular weight is 231 g/mol. The van der Waals surface area contributed by atoms with Crippen molar-refractivity contribution in [1.82, 2.24) is 4.72 Å². The lowest BCUT2D eigenvalue weighted by Gasteiger charge is -2.09. The smallest absolute Gasteiger partial charge is 0.261 e. The van der Waals surface area contributed by atoms with Crippen LogP contribution in [0.3, 0.4) is 0 Å². The molecule has 86 valence electrons. The first-order chi connectivity index (χ1) is 6.36. The van der Waals surface area contributed by atoms with Gasteiger partial charge in [0.2, 0.25) is 10.0 Å². The number of halogens is 2. The molecule has 14 heavy (non-hydrogen) atoms. The third-order valence-electron chi connectivity index (χ3n) is 1.41. The predicted octanol–water partition coefficient (Wildman–Crippen LogP) is 0.596. The van der Waals surface area contributed by atoms with Gasteiger partial charge in [0.25, 0.3) is 6.43 Å². The number of rotatable bonds is 7. The lowest BCUT2D eigenvalue weighted by molar-refractivity contribution is 0.0199. The van der Waals surface area contributed by atoms with Gasteiger partial charge in [0, 0.05) is 6.54 Å². The van der Waals surface area contributed by atoms with Crippen LogP contribution < -0.4 is 4.72 Å². The average Bonchev–Trinajstić information content (AvgIpc) is 2.02. The van der Waals surface area contributed by atoms with Crippen molar-refractivity contribution in [3.63, 3.8) is 0 Å². The monoisotopic (exact) mass is 231 g/mol. The summed E-state index contributed by atoms with van der Waals surface area (Å²) >= 11 is 0. The van der Waals surface area contributed by atoms with E-state index in [2.05, 4.69) is 9.46 Å². The molecule has 4 nitrogen and oxygen atoms in total. The summed E-state index contributed by atoms with van der Waals surface area (Å²) in [6, 6.07) is 0. The van der Waals surface area contributed by atoms with Gasteiger partial charge in [-0.1, -0.05) is 0 Å². The summed E-state index contributed by atoms with van der Waals surface area (Å²) in [6.07, 6.45) is -2.52. The van der Waals surface area contributed by atoms with Gasteiger partial charge < -0.3 is 4.74 Å². The van der Waals surface area contributed by atoms with Gasteiger partial charge in [-0.15, -0.1) is 0 Å². The van der Waals surface area contributed by atoms with Crippen molar-refractivity contribution in [2.75, 3.05) is 19.8 Å².